The summed E-state index contributed by atoms with van der Waals surface area (Å²) in [5, 5.41) is 21.9. The standard InChI is InChI=1S/C21H25N9O3/c1-10-25-13-4-3-11(5-14(13)26-10)19(32)29-7-12(31)6-21(2,33)15(8-29)30-9-24-16-17(22)27-20(23)28-18(16)30/h3-5,9,12,15,31,33H,6-8H2,1-2H3,(H,25,26)(H4,22,23,27,28)/t12-,15+,21+/m0/s1. The first-order chi connectivity index (χ1) is 15.6. The molecule has 5 rings (SSSR count). The predicted molar refractivity (Wildman–Crippen MR) is 121 cm³/mol. The number of H-pyrrole nitrogens is 1. The summed E-state index contributed by atoms with van der Waals surface area (Å²) in [4.78, 5) is 34.9. The third-order valence-corrected chi connectivity index (χ3v) is 6.13. The molecule has 4 heterocycles. The molecule has 12 heteroatoms. The average molecular weight is 451 g/mol. The van der Waals surface area contributed by atoms with Gasteiger partial charge in [0.05, 0.1) is 35.1 Å². The van der Waals surface area contributed by atoms with Gasteiger partial charge in [-0.3, -0.25) is 4.79 Å². The van der Waals surface area contributed by atoms with E-state index < -0.39 is 17.7 Å². The molecule has 0 aliphatic carbocycles. The monoisotopic (exact) mass is 451 g/mol. The third kappa shape index (κ3) is 3.62. The Hall–Kier alpha value is -3.77. The number of hydrogen-bond donors (Lipinski definition) is 5. The zero-order valence-electron chi connectivity index (χ0n) is 18.2. The number of nitrogens with two attached hydrogens (primary N) is 2. The summed E-state index contributed by atoms with van der Waals surface area (Å²) in [7, 11) is 0. The van der Waals surface area contributed by atoms with Crippen LogP contribution in [0.1, 0.15) is 35.6 Å². The van der Waals surface area contributed by atoms with Crippen LogP contribution in [0.2, 0.25) is 0 Å². The van der Waals surface area contributed by atoms with Crippen LogP contribution in [0.25, 0.3) is 22.2 Å². The molecule has 0 saturated carbocycles. The van der Waals surface area contributed by atoms with E-state index in [1.54, 1.807) is 29.7 Å². The Morgan fingerprint density at radius 3 is 2.82 bits per heavy atom. The van der Waals surface area contributed by atoms with Crippen molar-refractivity contribution >= 4 is 39.9 Å². The van der Waals surface area contributed by atoms with Gasteiger partial charge in [0.2, 0.25) is 5.95 Å². The van der Waals surface area contributed by atoms with E-state index in [1.807, 2.05) is 6.92 Å². The molecule has 12 nitrogen and oxygen atoms in total. The topological polar surface area (TPSA) is 185 Å². The van der Waals surface area contributed by atoms with Gasteiger partial charge in [-0.05, 0) is 32.0 Å². The van der Waals surface area contributed by atoms with Crippen molar-refractivity contribution in [3.8, 4) is 0 Å². The fourth-order valence-corrected chi connectivity index (χ4v) is 4.60. The fourth-order valence-electron chi connectivity index (χ4n) is 4.60. The highest BCUT2D eigenvalue weighted by Crippen LogP contribution is 2.34. The van der Waals surface area contributed by atoms with Gasteiger partial charge in [-0.15, -0.1) is 0 Å². The second kappa shape index (κ2) is 7.39. The summed E-state index contributed by atoms with van der Waals surface area (Å²) in [6, 6.07) is 4.55. The minimum atomic E-state index is -1.37. The van der Waals surface area contributed by atoms with Gasteiger partial charge in [0.25, 0.3) is 5.91 Å². The van der Waals surface area contributed by atoms with Crippen LogP contribution in [-0.4, -0.2) is 75.3 Å². The van der Waals surface area contributed by atoms with Gasteiger partial charge in [0.1, 0.15) is 11.3 Å². The number of aromatic nitrogens is 6. The number of nitrogen functional groups attached to an aromatic ring is 2. The molecule has 0 unspecified atom stereocenters. The van der Waals surface area contributed by atoms with E-state index in [2.05, 4.69) is 24.9 Å². The Balaban J connectivity index is 1.55. The second-order valence-corrected chi connectivity index (χ2v) is 8.79. The Bertz CT molecular complexity index is 1380. The maximum absolute atomic E-state index is 13.5. The summed E-state index contributed by atoms with van der Waals surface area (Å²) in [6.45, 7) is 3.64. The third-order valence-electron chi connectivity index (χ3n) is 6.13. The average Bonchev–Trinajstić information content (AvgIpc) is 3.28. The summed E-state index contributed by atoms with van der Waals surface area (Å²) in [6.07, 6.45) is 0.621. The molecule has 33 heavy (non-hydrogen) atoms. The Morgan fingerprint density at radius 2 is 2.03 bits per heavy atom. The van der Waals surface area contributed by atoms with Crippen LogP contribution in [0.4, 0.5) is 11.8 Å². The lowest BCUT2D eigenvalue weighted by Crippen LogP contribution is -2.42. The molecule has 4 aromatic rings. The number of aliphatic hydroxyl groups is 2. The highest BCUT2D eigenvalue weighted by molar-refractivity contribution is 5.97. The fraction of sp³-hybridized carbons (Fsp3) is 0.381. The van der Waals surface area contributed by atoms with Crippen molar-refractivity contribution in [2.75, 3.05) is 24.6 Å². The van der Waals surface area contributed by atoms with E-state index in [1.165, 1.54) is 11.2 Å². The van der Waals surface area contributed by atoms with Crippen molar-refractivity contribution in [3.05, 3.63) is 35.9 Å². The number of anilines is 2. The molecule has 7 N–H and O–H groups in total. The van der Waals surface area contributed by atoms with Gasteiger partial charge in [-0.25, -0.2) is 9.97 Å². The number of likely N-dealkylation sites (tertiary alicyclic amines) is 1. The van der Waals surface area contributed by atoms with Crippen molar-refractivity contribution in [2.24, 2.45) is 0 Å². The van der Waals surface area contributed by atoms with Gasteiger partial charge in [0.15, 0.2) is 11.5 Å². The second-order valence-electron chi connectivity index (χ2n) is 8.79. The highest BCUT2D eigenvalue weighted by Gasteiger charge is 2.42. The number of hydrogen-bond acceptors (Lipinski definition) is 9. The first-order valence-electron chi connectivity index (χ1n) is 10.5. The van der Waals surface area contributed by atoms with E-state index in [9.17, 15) is 15.0 Å². The van der Waals surface area contributed by atoms with Crippen LogP contribution in [0.15, 0.2) is 24.5 Å². The van der Waals surface area contributed by atoms with Crippen LogP contribution in [0, 0.1) is 6.92 Å². The quantitative estimate of drug-likeness (QED) is 0.287. The number of benzene rings is 1. The molecule has 3 atom stereocenters. The molecular formula is C21H25N9O3. The lowest BCUT2D eigenvalue weighted by molar-refractivity contribution is -0.0217. The number of imidazole rings is 2. The molecule has 0 spiro atoms. The molecule has 1 fully saturated rings. The van der Waals surface area contributed by atoms with Gasteiger partial charge < -0.3 is 36.1 Å². The Morgan fingerprint density at radius 1 is 1.24 bits per heavy atom. The summed E-state index contributed by atoms with van der Waals surface area (Å²) >= 11 is 0. The van der Waals surface area contributed by atoms with Gasteiger partial charge in [-0.1, -0.05) is 0 Å². The first kappa shape index (κ1) is 21.1. The normalized spacial score (nSPS) is 23.8. The van der Waals surface area contributed by atoms with Gasteiger partial charge in [-0.2, -0.15) is 9.97 Å². The highest BCUT2D eigenvalue weighted by atomic mass is 16.3. The number of nitrogens with zero attached hydrogens (tertiary/aromatic N) is 6. The molecule has 1 aliphatic heterocycles. The number of carbonyl (C=O) groups is 1. The van der Waals surface area contributed by atoms with E-state index in [-0.39, 0.29) is 37.2 Å². The lowest BCUT2D eigenvalue weighted by atomic mass is 9.91. The van der Waals surface area contributed by atoms with Crippen molar-refractivity contribution in [3.63, 3.8) is 0 Å². The molecule has 1 saturated heterocycles. The number of aryl methyl sites for hydroxylation is 1. The van der Waals surface area contributed by atoms with Crippen LogP contribution in [0.3, 0.4) is 0 Å². The zero-order valence-corrected chi connectivity index (χ0v) is 18.2. The molecule has 172 valence electrons. The maximum Gasteiger partial charge on any atom is 0.254 e. The molecule has 1 aromatic carbocycles. The van der Waals surface area contributed by atoms with E-state index in [0.717, 1.165) is 16.9 Å². The van der Waals surface area contributed by atoms with Crippen LogP contribution < -0.4 is 11.5 Å². The Labute approximate surface area is 188 Å². The molecule has 3 aromatic heterocycles. The number of nitrogens with one attached hydrogen (secondary N) is 1. The summed E-state index contributed by atoms with van der Waals surface area (Å²) in [5.41, 5.74) is 13.0. The molecule has 0 bridgehead atoms. The molecule has 1 amide bonds. The molecule has 0 radical (unpaired) electrons. The van der Waals surface area contributed by atoms with E-state index in [0.29, 0.717) is 16.7 Å². The SMILES string of the molecule is Cc1nc2ccc(C(=O)N3C[C@@H](O)C[C@@](C)(O)[C@H](n4cnc5c(N)nc(N)nc54)C3)cc2[nH]1. The number of amides is 1. The number of carbonyl (C=O) groups excluding carboxylic acids is 1. The number of aliphatic hydroxyl groups excluding tert-OH is 1. The van der Waals surface area contributed by atoms with Crippen molar-refractivity contribution < 1.29 is 15.0 Å². The minimum Gasteiger partial charge on any atom is -0.391 e. The number of fused-ring (bicyclic) bond motifs is 2. The van der Waals surface area contributed by atoms with Gasteiger partial charge in [0, 0.05) is 25.1 Å². The minimum absolute atomic E-state index is 0.0221. The predicted octanol–water partition coefficient (Wildman–Crippen LogP) is 0.375. The van der Waals surface area contributed by atoms with Crippen molar-refractivity contribution in [2.45, 2.75) is 38.0 Å². The van der Waals surface area contributed by atoms with E-state index in [4.69, 9.17) is 11.5 Å². The van der Waals surface area contributed by atoms with Crippen LogP contribution in [0.5, 0.6) is 0 Å². The molecular weight excluding hydrogens is 426 g/mol. The lowest BCUT2D eigenvalue weighted by Gasteiger charge is -2.34. The van der Waals surface area contributed by atoms with Crippen LogP contribution >= 0.6 is 0 Å². The summed E-state index contributed by atoms with van der Waals surface area (Å²) < 4.78 is 1.64. The largest absolute Gasteiger partial charge is 0.391 e. The zero-order chi connectivity index (χ0) is 23.5. The Kier molecular flexibility index (Phi) is 4.72. The van der Waals surface area contributed by atoms with Gasteiger partial charge >= 0.3 is 0 Å². The molecule has 1 aliphatic rings. The smallest absolute Gasteiger partial charge is 0.254 e. The van der Waals surface area contributed by atoms with Crippen molar-refractivity contribution in [1.82, 2.24) is 34.4 Å². The number of rotatable bonds is 2. The number of aromatic amines is 1. The summed E-state index contributed by atoms with van der Waals surface area (Å²) in [5.74, 6) is 0.583. The first-order valence-corrected chi connectivity index (χ1v) is 10.5. The van der Waals surface area contributed by atoms with Crippen molar-refractivity contribution in [1.29, 1.82) is 0 Å². The van der Waals surface area contributed by atoms with E-state index >= 15 is 0 Å². The van der Waals surface area contributed by atoms with Crippen LogP contribution in [-0.2, 0) is 0 Å². The maximum atomic E-state index is 13.5. The number of β-amino-alcohol motifs (C(OH)–C–C–N with tert-alkyl or cyclic N) is 1.